The first kappa shape index (κ1) is 22.6. The van der Waals surface area contributed by atoms with Crippen LogP contribution in [-0.2, 0) is 11.2 Å². The molecule has 156 valence electrons. The maximum Gasteiger partial charge on any atom is 0.327 e. The maximum absolute atomic E-state index is 12.6. The van der Waals surface area contributed by atoms with Crippen LogP contribution in [0, 0.1) is 5.92 Å². The normalized spacial score (nSPS) is 24.7. The van der Waals surface area contributed by atoms with Gasteiger partial charge in [-0.25, -0.2) is 4.79 Å². The molecule has 7 nitrogen and oxygen atoms in total. The van der Waals surface area contributed by atoms with E-state index in [2.05, 4.69) is 53.6 Å². The fraction of sp³-hybridized carbons (Fsp3) is 0.600. The molecule has 3 amide bonds. The quantitative estimate of drug-likeness (QED) is 0.500. The second-order valence-electron chi connectivity index (χ2n) is 8.06. The summed E-state index contributed by atoms with van der Waals surface area (Å²) in [5.41, 5.74) is 1.36. The first-order valence-electron chi connectivity index (χ1n) is 9.77. The van der Waals surface area contributed by atoms with Crippen molar-refractivity contribution >= 4 is 11.9 Å². The third-order valence-corrected chi connectivity index (χ3v) is 5.67. The van der Waals surface area contributed by atoms with Crippen molar-refractivity contribution in [1.82, 2.24) is 20.0 Å². The number of benzene rings is 1. The second kappa shape index (κ2) is 9.69. The van der Waals surface area contributed by atoms with Crippen LogP contribution in [0.4, 0.5) is 4.79 Å². The van der Waals surface area contributed by atoms with E-state index < -0.39 is 0 Å². The molecule has 2 aliphatic heterocycles. The second-order valence-corrected chi connectivity index (χ2v) is 8.06. The zero-order valence-corrected chi connectivity index (χ0v) is 17.9. The molecule has 0 spiro atoms. The van der Waals surface area contributed by atoms with E-state index in [1.807, 2.05) is 6.07 Å². The highest BCUT2D eigenvalue weighted by Gasteiger charge is 2.49. The Morgan fingerprint density at radius 1 is 1.18 bits per heavy atom. The van der Waals surface area contributed by atoms with E-state index in [9.17, 15) is 9.59 Å². The number of carbonyl (C=O) groups excluding carboxylic acids is 2. The molecular weight excluding hydrogens is 378 g/mol. The number of likely N-dealkylation sites (N-methyl/N-ethyl adjacent to an activating group) is 2. The molecular formula is C20H32ClN5O2. The summed E-state index contributed by atoms with van der Waals surface area (Å²) in [7, 11) is 3.32. The first-order valence-corrected chi connectivity index (χ1v) is 9.77. The van der Waals surface area contributed by atoms with E-state index in [0.717, 1.165) is 19.5 Å². The van der Waals surface area contributed by atoms with Crippen LogP contribution in [0.1, 0.15) is 19.4 Å². The lowest BCUT2D eigenvalue weighted by Crippen LogP contribution is -3.00. The first-order chi connectivity index (χ1) is 12.9. The van der Waals surface area contributed by atoms with E-state index in [-0.39, 0.29) is 36.6 Å². The van der Waals surface area contributed by atoms with Crippen LogP contribution >= 0.6 is 0 Å². The number of nitrogens with one attached hydrogen (secondary N) is 1. The van der Waals surface area contributed by atoms with E-state index in [4.69, 9.17) is 0 Å². The van der Waals surface area contributed by atoms with Gasteiger partial charge in [-0.1, -0.05) is 37.3 Å². The molecule has 0 radical (unpaired) electrons. The zero-order valence-electron chi connectivity index (χ0n) is 17.1. The van der Waals surface area contributed by atoms with Gasteiger partial charge in [0.25, 0.3) is 5.91 Å². The summed E-state index contributed by atoms with van der Waals surface area (Å²) < 4.78 is 0. The van der Waals surface area contributed by atoms with Crippen molar-refractivity contribution in [2.75, 3.05) is 33.9 Å². The highest BCUT2D eigenvalue weighted by Crippen LogP contribution is 2.23. The standard InChI is InChI=1S/C20H31N5O2.ClH/c1-14(11-21-15(2)10-16-8-6-5-7-9-16)12-25-13-22-18-17(25)19(26)24(4)20(27)23(18)3;/h5-9,14-15,17-18,21-22H,10-13H2,1-4H3;1H. The summed E-state index contributed by atoms with van der Waals surface area (Å²) >= 11 is 0. The summed E-state index contributed by atoms with van der Waals surface area (Å²) in [6.45, 7) is 6.97. The Morgan fingerprint density at radius 2 is 1.86 bits per heavy atom. The molecule has 1 aromatic rings. The van der Waals surface area contributed by atoms with Gasteiger partial charge in [-0.2, -0.15) is 0 Å². The van der Waals surface area contributed by atoms with Crippen molar-refractivity contribution in [3.05, 3.63) is 35.9 Å². The van der Waals surface area contributed by atoms with Gasteiger partial charge in [0.2, 0.25) is 0 Å². The van der Waals surface area contributed by atoms with Gasteiger partial charge in [-0.15, -0.1) is 0 Å². The van der Waals surface area contributed by atoms with Crippen LogP contribution in [0.5, 0.6) is 0 Å². The van der Waals surface area contributed by atoms with Crippen LogP contribution in [0.25, 0.3) is 0 Å². The van der Waals surface area contributed by atoms with Crippen LogP contribution in [-0.4, -0.2) is 78.7 Å². The van der Waals surface area contributed by atoms with Gasteiger partial charge in [-0.3, -0.25) is 19.9 Å². The van der Waals surface area contributed by atoms with Crippen LogP contribution in [0.15, 0.2) is 30.3 Å². The van der Waals surface area contributed by atoms with Gasteiger partial charge in [0.15, 0.2) is 0 Å². The van der Waals surface area contributed by atoms with Gasteiger partial charge in [0.05, 0.1) is 19.3 Å². The van der Waals surface area contributed by atoms with Gasteiger partial charge in [0.1, 0.15) is 12.2 Å². The van der Waals surface area contributed by atoms with Crippen molar-refractivity contribution < 1.29 is 27.3 Å². The predicted octanol–water partition coefficient (Wildman–Crippen LogP) is -3.10. The molecule has 28 heavy (non-hydrogen) atoms. The highest BCUT2D eigenvalue weighted by atomic mass is 35.5. The molecule has 8 heteroatoms. The minimum absolute atomic E-state index is 0. The molecule has 3 N–H and O–H groups in total. The molecule has 0 aromatic heterocycles. The lowest BCUT2D eigenvalue weighted by molar-refractivity contribution is -0.690. The largest absolute Gasteiger partial charge is 1.00 e. The lowest BCUT2D eigenvalue weighted by Gasteiger charge is -2.40. The Kier molecular flexibility index (Phi) is 7.83. The number of quaternary nitrogens is 1. The third-order valence-electron chi connectivity index (χ3n) is 5.67. The lowest BCUT2D eigenvalue weighted by atomic mass is 10.1. The SMILES string of the molecule is CC(C[NH2+]C(C)Cc1ccccc1)CN1CNC2C1C(=O)N(C)C(=O)N2C.[Cl-]. The average molecular weight is 410 g/mol. The van der Waals surface area contributed by atoms with Crippen LogP contribution in [0.2, 0.25) is 0 Å². The maximum atomic E-state index is 12.6. The molecule has 0 saturated carbocycles. The monoisotopic (exact) mass is 409 g/mol. The number of hydrogen-bond donors (Lipinski definition) is 2. The summed E-state index contributed by atoms with van der Waals surface area (Å²) in [4.78, 5) is 29.8. The average Bonchev–Trinajstić information content (AvgIpc) is 3.07. The molecule has 0 aliphatic carbocycles. The van der Waals surface area contributed by atoms with E-state index in [1.54, 1.807) is 19.0 Å². The Hall–Kier alpha value is -1.67. The summed E-state index contributed by atoms with van der Waals surface area (Å²) in [5, 5.41) is 5.71. The number of hydrogen-bond acceptors (Lipinski definition) is 4. The van der Waals surface area contributed by atoms with E-state index >= 15 is 0 Å². The minimum atomic E-state index is -0.290. The summed E-state index contributed by atoms with van der Waals surface area (Å²) in [5.74, 6) is 0.339. The number of nitrogens with two attached hydrogens (primary N) is 1. The Morgan fingerprint density at radius 3 is 2.54 bits per heavy atom. The van der Waals surface area contributed by atoms with Crippen molar-refractivity contribution in [1.29, 1.82) is 0 Å². The molecule has 0 bridgehead atoms. The third kappa shape index (κ3) is 4.84. The number of halogens is 1. The molecule has 4 unspecified atom stereocenters. The Balaban J connectivity index is 0.00000280. The smallest absolute Gasteiger partial charge is 0.327 e. The fourth-order valence-electron chi connectivity index (χ4n) is 4.10. The zero-order chi connectivity index (χ0) is 19.6. The Labute approximate surface area is 173 Å². The number of carbonyl (C=O) groups is 2. The predicted molar refractivity (Wildman–Crippen MR) is 104 cm³/mol. The highest BCUT2D eigenvalue weighted by molar-refractivity contribution is 6.00. The van der Waals surface area contributed by atoms with Gasteiger partial charge in [0, 0.05) is 33.0 Å². The van der Waals surface area contributed by atoms with Gasteiger partial charge < -0.3 is 22.6 Å². The van der Waals surface area contributed by atoms with E-state index in [0.29, 0.717) is 18.6 Å². The van der Waals surface area contributed by atoms with Gasteiger partial charge in [-0.05, 0) is 12.5 Å². The molecule has 2 heterocycles. The molecule has 2 fully saturated rings. The van der Waals surface area contributed by atoms with Crippen molar-refractivity contribution in [2.24, 2.45) is 5.92 Å². The number of imide groups is 1. The fourth-order valence-corrected chi connectivity index (χ4v) is 4.10. The number of fused-ring (bicyclic) bond motifs is 1. The summed E-state index contributed by atoms with van der Waals surface area (Å²) in [6, 6.07) is 10.5. The summed E-state index contributed by atoms with van der Waals surface area (Å²) in [6.07, 6.45) is 0.828. The molecule has 2 saturated heterocycles. The van der Waals surface area contributed by atoms with E-state index in [1.165, 1.54) is 10.5 Å². The van der Waals surface area contributed by atoms with Gasteiger partial charge >= 0.3 is 6.03 Å². The topological polar surface area (TPSA) is 72.5 Å². The number of nitrogens with zero attached hydrogens (tertiary/aromatic N) is 3. The van der Waals surface area contributed by atoms with Crippen molar-refractivity contribution in [2.45, 2.75) is 38.5 Å². The van der Waals surface area contributed by atoms with Crippen LogP contribution in [0.3, 0.4) is 0 Å². The van der Waals surface area contributed by atoms with Crippen LogP contribution < -0.4 is 23.0 Å². The number of amides is 3. The Bertz CT molecular complexity index is 674. The number of urea groups is 1. The minimum Gasteiger partial charge on any atom is -1.00 e. The molecule has 2 aliphatic rings. The molecule has 1 aromatic carbocycles. The van der Waals surface area contributed by atoms with Crippen molar-refractivity contribution in [3.8, 4) is 0 Å². The molecule has 3 rings (SSSR count). The molecule has 4 atom stereocenters. The van der Waals surface area contributed by atoms with Crippen molar-refractivity contribution in [3.63, 3.8) is 0 Å². The number of rotatable bonds is 7.